The van der Waals surface area contributed by atoms with Crippen LogP contribution < -0.4 is 11.1 Å². The molecule has 0 bridgehead atoms. The Morgan fingerprint density at radius 2 is 2.00 bits per heavy atom. The van der Waals surface area contributed by atoms with Crippen molar-refractivity contribution in [2.75, 3.05) is 11.9 Å². The van der Waals surface area contributed by atoms with E-state index in [1.807, 2.05) is 0 Å². The topological polar surface area (TPSA) is 55.1 Å². The van der Waals surface area contributed by atoms with E-state index in [2.05, 4.69) is 5.32 Å². The van der Waals surface area contributed by atoms with Crippen LogP contribution in [-0.4, -0.2) is 18.6 Å². The molecule has 0 saturated carbocycles. The van der Waals surface area contributed by atoms with Crippen LogP contribution >= 0.6 is 12.4 Å². The number of hydrogen-bond donors (Lipinski definition) is 2. The predicted octanol–water partition coefficient (Wildman–Crippen LogP) is 3.28. The van der Waals surface area contributed by atoms with Gasteiger partial charge in [-0.2, -0.15) is 13.2 Å². The second-order valence-electron chi connectivity index (χ2n) is 4.26. The van der Waals surface area contributed by atoms with Crippen LogP contribution in [0.2, 0.25) is 0 Å². The summed E-state index contributed by atoms with van der Waals surface area (Å²) in [4.78, 5) is 11.5. The first kappa shape index (κ1) is 18.7. The second kappa shape index (κ2) is 8.81. The van der Waals surface area contributed by atoms with Gasteiger partial charge in [-0.1, -0.05) is 12.1 Å². The second-order valence-corrected chi connectivity index (χ2v) is 4.26. The lowest BCUT2D eigenvalue weighted by Crippen LogP contribution is -2.13. The third-order valence-electron chi connectivity index (χ3n) is 2.52. The average molecular weight is 311 g/mol. The van der Waals surface area contributed by atoms with E-state index in [0.717, 1.165) is 0 Å². The number of carbonyl (C=O) groups is 1. The van der Waals surface area contributed by atoms with Crippen LogP contribution in [0.15, 0.2) is 24.3 Å². The molecule has 0 aliphatic rings. The molecule has 0 aliphatic carbocycles. The Bertz CT molecular complexity index is 424. The van der Waals surface area contributed by atoms with Gasteiger partial charge in [-0.25, -0.2) is 0 Å². The lowest BCUT2D eigenvalue weighted by Gasteiger charge is -2.09. The fourth-order valence-electron chi connectivity index (χ4n) is 1.58. The molecule has 0 aromatic heterocycles. The van der Waals surface area contributed by atoms with E-state index in [9.17, 15) is 18.0 Å². The molecular weight excluding hydrogens is 293 g/mol. The summed E-state index contributed by atoms with van der Waals surface area (Å²) in [6, 6.07) is 6.45. The molecule has 0 unspecified atom stereocenters. The molecule has 20 heavy (non-hydrogen) atoms. The first-order valence-corrected chi connectivity index (χ1v) is 6.06. The van der Waals surface area contributed by atoms with Crippen molar-refractivity contribution in [3.05, 3.63) is 29.8 Å². The number of halogens is 4. The minimum absolute atomic E-state index is 0. The van der Waals surface area contributed by atoms with E-state index >= 15 is 0 Å². The van der Waals surface area contributed by atoms with E-state index in [1.165, 1.54) is 0 Å². The molecular formula is C13H18ClF3N2O. The minimum atomic E-state index is -4.17. The van der Waals surface area contributed by atoms with Crippen molar-refractivity contribution in [2.45, 2.75) is 31.9 Å². The fourth-order valence-corrected chi connectivity index (χ4v) is 1.58. The maximum Gasteiger partial charge on any atom is 0.389 e. The summed E-state index contributed by atoms with van der Waals surface area (Å²) >= 11 is 0. The molecule has 0 saturated heterocycles. The van der Waals surface area contributed by atoms with Gasteiger partial charge >= 0.3 is 6.18 Å². The number of nitrogens with one attached hydrogen (secondary N) is 1. The number of alkyl halides is 3. The third-order valence-corrected chi connectivity index (χ3v) is 2.52. The number of amides is 1. The highest BCUT2D eigenvalue weighted by Gasteiger charge is 2.26. The minimum Gasteiger partial charge on any atom is -0.330 e. The first-order chi connectivity index (χ1) is 8.90. The summed E-state index contributed by atoms with van der Waals surface area (Å²) in [6.07, 6.45) is -4.23. The third kappa shape index (κ3) is 8.01. The van der Waals surface area contributed by atoms with Crippen LogP contribution in [0.4, 0.5) is 18.9 Å². The maximum atomic E-state index is 12.1. The number of rotatable bonds is 6. The molecule has 1 rings (SSSR count). The SMILES string of the molecule is Cl.NCCCC(=O)Nc1cccc(CCC(F)(F)F)c1. The van der Waals surface area contributed by atoms with Gasteiger partial charge in [0.05, 0.1) is 0 Å². The Hall–Kier alpha value is -1.27. The average Bonchev–Trinajstić information content (AvgIpc) is 2.33. The van der Waals surface area contributed by atoms with Crippen molar-refractivity contribution in [3.63, 3.8) is 0 Å². The standard InChI is InChI=1S/C13H17F3N2O.ClH/c14-13(15,16)7-6-10-3-1-4-11(9-10)18-12(19)5-2-8-17;/h1,3-4,9H,2,5-8,17H2,(H,18,19);1H. The van der Waals surface area contributed by atoms with Gasteiger partial charge < -0.3 is 11.1 Å². The number of aryl methyl sites for hydroxylation is 1. The summed E-state index contributed by atoms with van der Waals surface area (Å²) < 4.78 is 36.3. The van der Waals surface area contributed by atoms with Crippen LogP contribution in [0.1, 0.15) is 24.8 Å². The number of nitrogens with two attached hydrogens (primary N) is 1. The molecule has 0 fully saturated rings. The van der Waals surface area contributed by atoms with Gasteiger partial charge in [-0.3, -0.25) is 4.79 Å². The molecule has 3 N–H and O–H groups in total. The predicted molar refractivity (Wildman–Crippen MR) is 75.0 cm³/mol. The molecule has 1 aromatic carbocycles. The largest absolute Gasteiger partial charge is 0.389 e. The summed E-state index contributed by atoms with van der Waals surface area (Å²) in [6.45, 7) is 0.430. The molecule has 1 aromatic rings. The van der Waals surface area contributed by atoms with Crippen LogP contribution in [0.3, 0.4) is 0 Å². The van der Waals surface area contributed by atoms with Crippen molar-refractivity contribution >= 4 is 24.0 Å². The molecule has 0 aliphatic heterocycles. The van der Waals surface area contributed by atoms with E-state index in [1.54, 1.807) is 24.3 Å². The van der Waals surface area contributed by atoms with Gasteiger partial charge in [-0.05, 0) is 37.1 Å². The smallest absolute Gasteiger partial charge is 0.330 e. The molecule has 7 heteroatoms. The molecule has 0 atom stereocenters. The van der Waals surface area contributed by atoms with E-state index in [0.29, 0.717) is 30.6 Å². The lowest BCUT2D eigenvalue weighted by molar-refractivity contribution is -0.134. The Morgan fingerprint density at radius 1 is 1.30 bits per heavy atom. The van der Waals surface area contributed by atoms with Gasteiger partial charge in [0.2, 0.25) is 5.91 Å². The Morgan fingerprint density at radius 3 is 2.60 bits per heavy atom. The number of benzene rings is 1. The zero-order valence-electron chi connectivity index (χ0n) is 10.9. The van der Waals surface area contributed by atoms with Crippen molar-refractivity contribution < 1.29 is 18.0 Å². The van der Waals surface area contributed by atoms with Gasteiger partial charge in [0.15, 0.2) is 0 Å². The summed E-state index contributed by atoms with van der Waals surface area (Å²) in [7, 11) is 0. The monoisotopic (exact) mass is 310 g/mol. The van der Waals surface area contributed by atoms with Gasteiger partial charge in [0.25, 0.3) is 0 Å². The number of anilines is 1. The number of hydrogen-bond acceptors (Lipinski definition) is 2. The van der Waals surface area contributed by atoms with Gasteiger partial charge in [0, 0.05) is 18.5 Å². The zero-order valence-corrected chi connectivity index (χ0v) is 11.7. The Labute approximate surface area is 122 Å². The Balaban J connectivity index is 0.00000361. The molecule has 0 spiro atoms. The van der Waals surface area contributed by atoms with Crippen molar-refractivity contribution in [2.24, 2.45) is 5.73 Å². The maximum absolute atomic E-state index is 12.1. The number of carbonyl (C=O) groups excluding carboxylic acids is 1. The molecule has 3 nitrogen and oxygen atoms in total. The van der Waals surface area contributed by atoms with E-state index < -0.39 is 12.6 Å². The molecule has 0 radical (unpaired) electrons. The highest BCUT2D eigenvalue weighted by molar-refractivity contribution is 5.90. The fraction of sp³-hybridized carbons (Fsp3) is 0.462. The van der Waals surface area contributed by atoms with Crippen molar-refractivity contribution in [1.29, 1.82) is 0 Å². The van der Waals surface area contributed by atoms with Crippen LogP contribution in [-0.2, 0) is 11.2 Å². The Kier molecular flexibility index (Phi) is 8.25. The highest BCUT2D eigenvalue weighted by Crippen LogP contribution is 2.23. The highest BCUT2D eigenvalue weighted by atomic mass is 35.5. The quantitative estimate of drug-likeness (QED) is 0.847. The zero-order chi connectivity index (χ0) is 14.3. The van der Waals surface area contributed by atoms with E-state index in [4.69, 9.17) is 5.73 Å². The van der Waals surface area contributed by atoms with Crippen molar-refractivity contribution in [1.82, 2.24) is 0 Å². The summed E-state index contributed by atoms with van der Waals surface area (Å²) in [5, 5.41) is 2.64. The summed E-state index contributed by atoms with van der Waals surface area (Å²) in [5.74, 6) is -0.182. The van der Waals surface area contributed by atoms with E-state index in [-0.39, 0.29) is 24.7 Å². The first-order valence-electron chi connectivity index (χ1n) is 6.06. The molecule has 0 heterocycles. The van der Waals surface area contributed by atoms with Crippen LogP contribution in [0, 0.1) is 0 Å². The van der Waals surface area contributed by atoms with Gasteiger partial charge in [-0.15, -0.1) is 12.4 Å². The van der Waals surface area contributed by atoms with Crippen LogP contribution in [0.25, 0.3) is 0 Å². The van der Waals surface area contributed by atoms with Gasteiger partial charge in [0.1, 0.15) is 0 Å². The molecule has 114 valence electrons. The van der Waals surface area contributed by atoms with Crippen molar-refractivity contribution in [3.8, 4) is 0 Å². The van der Waals surface area contributed by atoms with Crippen LogP contribution in [0.5, 0.6) is 0 Å². The lowest BCUT2D eigenvalue weighted by atomic mass is 10.1. The molecule has 1 amide bonds. The normalized spacial score (nSPS) is 10.8. The summed E-state index contributed by atoms with van der Waals surface area (Å²) in [5.41, 5.74) is 6.35.